The third-order valence-corrected chi connectivity index (χ3v) is 8.64. The number of benzene rings is 4. The highest BCUT2D eigenvalue weighted by Crippen LogP contribution is 2.45. The van der Waals surface area contributed by atoms with Crippen LogP contribution in [-0.2, 0) is 0 Å². The van der Waals surface area contributed by atoms with E-state index in [4.69, 9.17) is 47.4 Å². The van der Waals surface area contributed by atoms with E-state index in [0.717, 1.165) is 0 Å². The Morgan fingerprint density at radius 1 is 0.411 bits per heavy atom. The molecule has 56 heavy (non-hydrogen) atoms. The van der Waals surface area contributed by atoms with Crippen LogP contribution in [0.5, 0.6) is 57.5 Å². The largest absolute Gasteiger partial charge is 0.519 e. The van der Waals surface area contributed by atoms with Crippen LogP contribution >= 0.6 is 0 Å². The van der Waals surface area contributed by atoms with Gasteiger partial charge in [0.2, 0.25) is 11.5 Å². The van der Waals surface area contributed by atoms with Gasteiger partial charge in [0.05, 0.1) is 68.3 Å². The zero-order chi connectivity index (χ0) is 39.8. The van der Waals surface area contributed by atoms with E-state index in [9.17, 15) is 4.79 Å². The van der Waals surface area contributed by atoms with Crippen LogP contribution in [0.2, 0.25) is 0 Å². The normalized spacial score (nSPS) is 10.6. The van der Waals surface area contributed by atoms with Crippen LogP contribution in [0.4, 0.5) is 4.79 Å². The molecular formula is C41H38N4O11. The number of ether oxygens (including phenoxy) is 10. The lowest BCUT2D eigenvalue weighted by Gasteiger charge is -2.16. The molecule has 15 heteroatoms. The number of carbonyl (C=O) groups excluding carboxylic acids is 1. The topological polar surface area (TPSA) is 161 Å². The van der Waals surface area contributed by atoms with E-state index in [0.29, 0.717) is 79.3 Å². The minimum Gasteiger partial charge on any atom is -0.493 e. The van der Waals surface area contributed by atoms with E-state index in [-0.39, 0.29) is 23.0 Å². The highest BCUT2D eigenvalue weighted by molar-refractivity contribution is 5.85. The predicted octanol–water partition coefficient (Wildman–Crippen LogP) is 7.58. The van der Waals surface area contributed by atoms with Crippen LogP contribution < -0.4 is 47.4 Å². The quantitative estimate of drug-likeness (QED) is 0.0788. The Balaban J connectivity index is 1.33. The number of aromatic nitrogens is 4. The van der Waals surface area contributed by atoms with Crippen molar-refractivity contribution in [2.24, 2.45) is 0 Å². The maximum absolute atomic E-state index is 13.5. The maximum Gasteiger partial charge on any atom is 0.519 e. The smallest absolute Gasteiger partial charge is 0.493 e. The Hall–Kier alpha value is -7.29. The molecule has 6 rings (SSSR count). The fourth-order valence-electron chi connectivity index (χ4n) is 6.03. The molecule has 6 aromatic rings. The molecular weight excluding hydrogens is 724 g/mol. The SMILES string of the molecule is COc1ccc(-c2cncnc2-c2cc(OC)c(OC)c(OC)c2)cc1OC(=O)Oc1cc(-c2cncnc2-c2cc(OC)c(OC)c(OC)c2)ccc1OC. The first-order valence-corrected chi connectivity index (χ1v) is 16.8. The van der Waals surface area contributed by atoms with Gasteiger partial charge in [0, 0.05) is 34.6 Å². The summed E-state index contributed by atoms with van der Waals surface area (Å²) < 4.78 is 55.8. The van der Waals surface area contributed by atoms with Gasteiger partial charge < -0.3 is 47.4 Å². The van der Waals surface area contributed by atoms with Crippen LogP contribution in [0, 0.1) is 0 Å². The minimum absolute atomic E-state index is 0.0750. The van der Waals surface area contributed by atoms with E-state index in [1.54, 1.807) is 73.1 Å². The number of nitrogens with zero attached hydrogens (tertiary/aromatic N) is 4. The zero-order valence-corrected chi connectivity index (χ0v) is 31.9. The lowest BCUT2D eigenvalue weighted by molar-refractivity contribution is 0.148. The first-order valence-electron chi connectivity index (χ1n) is 16.8. The molecule has 0 radical (unpaired) electrons. The van der Waals surface area contributed by atoms with Crippen LogP contribution in [0.3, 0.4) is 0 Å². The summed E-state index contributed by atoms with van der Waals surface area (Å²) in [6.45, 7) is 0. The van der Waals surface area contributed by atoms with Crippen LogP contribution in [0.15, 0.2) is 85.7 Å². The number of hydrogen-bond acceptors (Lipinski definition) is 15. The maximum atomic E-state index is 13.5. The second kappa shape index (κ2) is 17.2. The van der Waals surface area contributed by atoms with Gasteiger partial charge >= 0.3 is 6.16 Å². The van der Waals surface area contributed by atoms with Gasteiger partial charge in [-0.2, -0.15) is 0 Å². The number of hydrogen-bond donors (Lipinski definition) is 0. The molecule has 0 aliphatic heterocycles. The second-order valence-electron chi connectivity index (χ2n) is 11.6. The van der Waals surface area contributed by atoms with E-state index >= 15 is 0 Å². The Morgan fingerprint density at radius 2 is 0.750 bits per heavy atom. The van der Waals surface area contributed by atoms with Crippen molar-refractivity contribution in [1.82, 2.24) is 19.9 Å². The number of rotatable bonds is 14. The Morgan fingerprint density at radius 3 is 1.07 bits per heavy atom. The van der Waals surface area contributed by atoms with Crippen molar-refractivity contribution < 1.29 is 52.2 Å². The Labute approximate surface area is 322 Å². The van der Waals surface area contributed by atoms with Crippen molar-refractivity contribution >= 4 is 6.16 Å². The van der Waals surface area contributed by atoms with Gasteiger partial charge in [0.1, 0.15) is 12.7 Å². The summed E-state index contributed by atoms with van der Waals surface area (Å²) in [6, 6.07) is 17.3. The summed E-state index contributed by atoms with van der Waals surface area (Å²) in [5.41, 5.74) is 4.89. The summed E-state index contributed by atoms with van der Waals surface area (Å²) >= 11 is 0. The fourth-order valence-corrected chi connectivity index (χ4v) is 6.03. The van der Waals surface area contributed by atoms with E-state index < -0.39 is 6.16 Å². The van der Waals surface area contributed by atoms with Crippen LogP contribution in [0.1, 0.15) is 0 Å². The summed E-state index contributed by atoms with van der Waals surface area (Å²) in [5, 5.41) is 0. The Bertz CT molecular complexity index is 2160. The minimum atomic E-state index is -1.06. The third kappa shape index (κ3) is 7.68. The molecule has 4 aromatic carbocycles. The van der Waals surface area contributed by atoms with Crippen molar-refractivity contribution in [2.75, 3.05) is 56.9 Å². The van der Waals surface area contributed by atoms with Gasteiger partial charge in [0.15, 0.2) is 46.0 Å². The van der Waals surface area contributed by atoms with Gasteiger partial charge in [-0.25, -0.2) is 24.7 Å². The van der Waals surface area contributed by atoms with Crippen molar-refractivity contribution in [2.45, 2.75) is 0 Å². The van der Waals surface area contributed by atoms with Crippen molar-refractivity contribution in [3.8, 4) is 102 Å². The summed E-state index contributed by atoms with van der Waals surface area (Å²) in [7, 11) is 12.1. The number of methoxy groups -OCH3 is 8. The predicted molar refractivity (Wildman–Crippen MR) is 205 cm³/mol. The molecule has 0 aliphatic rings. The molecule has 2 aromatic heterocycles. The van der Waals surface area contributed by atoms with Crippen molar-refractivity contribution in [1.29, 1.82) is 0 Å². The van der Waals surface area contributed by atoms with Crippen LogP contribution in [-0.4, -0.2) is 83.0 Å². The van der Waals surface area contributed by atoms with Crippen LogP contribution in [0.25, 0.3) is 44.8 Å². The van der Waals surface area contributed by atoms with Crippen molar-refractivity contribution in [3.05, 3.63) is 85.7 Å². The lowest BCUT2D eigenvalue weighted by atomic mass is 9.99. The molecule has 0 fully saturated rings. The molecule has 288 valence electrons. The molecule has 0 atom stereocenters. The molecule has 2 heterocycles. The highest BCUT2D eigenvalue weighted by atomic mass is 16.7. The first-order chi connectivity index (χ1) is 27.3. The Kier molecular flexibility index (Phi) is 11.8. The summed E-state index contributed by atoms with van der Waals surface area (Å²) in [5.74, 6) is 3.36. The van der Waals surface area contributed by atoms with E-state index in [1.165, 1.54) is 69.5 Å². The molecule has 15 nitrogen and oxygen atoms in total. The molecule has 0 aliphatic carbocycles. The third-order valence-electron chi connectivity index (χ3n) is 8.64. The fraction of sp³-hybridized carbons (Fsp3) is 0.195. The van der Waals surface area contributed by atoms with Gasteiger partial charge in [0.25, 0.3) is 0 Å². The second-order valence-corrected chi connectivity index (χ2v) is 11.6. The first kappa shape index (κ1) is 38.4. The lowest BCUT2D eigenvalue weighted by Crippen LogP contribution is -2.15. The molecule has 0 saturated carbocycles. The molecule has 0 spiro atoms. The highest BCUT2D eigenvalue weighted by Gasteiger charge is 2.22. The average Bonchev–Trinajstić information content (AvgIpc) is 3.25. The molecule has 0 amide bonds. The van der Waals surface area contributed by atoms with Crippen molar-refractivity contribution in [3.63, 3.8) is 0 Å². The van der Waals surface area contributed by atoms with E-state index in [2.05, 4.69) is 19.9 Å². The summed E-state index contributed by atoms with van der Waals surface area (Å²) in [4.78, 5) is 31.1. The molecule has 0 saturated heterocycles. The molecule has 0 bridgehead atoms. The average molecular weight is 763 g/mol. The van der Waals surface area contributed by atoms with E-state index in [1.807, 2.05) is 0 Å². The van der Waals surface area contributed by atoms with Gasteiger partial charge in [-0.05, 0) is 59.7 Å². The monoisotopic (exact) mass is 762 g/mol. The molecule has 0 unspecified atom stereocenters. The molecule has 0 N–H and O–H groups in total. The number of carbonyl (C=O) groups is 1. The zero-order valence-electron chi connectivity index (χ0n) is 31.9. The van der Waals surface area contributed by atoms with Gasteiger partial charge in [-0.3, -0.25) is 0 Å². The van der Waals surface area contributed by atoms with Gasteiger partial charge in [-0.1, -0.05) is 12.1 Å². The summed E-state index contributed by atoms with van der Waals surface area (Å²) in [6.07, 6.45) is 5.09. The van der Waals surface area contributed by atoms with Gasteiger partial charge in [-0.15, -0.1) is 0 Å². The standard InChI is InChI=1S/C41H38N4O11/c1-47-29-11-9-23(27-19-42-21-44-37(27)25-15-33(49-3)39(53-7)34(16-25)50-4)13-31(29)55-41(46)56-32-14-24(10-12-30(32)48-2)28-20-43-22-45-38(28)26-17-35(51-5)40(54-8)36(18-26)52-6/h9-22H,1-8H3.